The summed E-state index contributed by atoms with van der Waals surface area (Å²) < 4.78 is 12.1. The summed E-state index contributed by atoms with van der Waals surface area (Å²) in [5, 5.41) is 0. The molecule has 1 aliphatic rings. The second-order valence-electron chi connectivity index (χ2n) is 2.23. The predicted octanol–water partition coefficient (Wildman–Crippen LogP) is 1.81. The molecule has 0 saturated heterocycles. The average Bonchev–Trinajstić information content (AvgIpc) is 2.50. The minimum absolute atomic E-state index is 0.477. The van der Waals surface area contributed by atoms with Crippen LogP contribution in [0.15, 0.2) is 18.2 Å². The lowest BCUT2D eigenvalue weighted by Crippen LogP contribution is -1.91. The van der Waals surface area contributed by atoms with Gasteiger partial charge in [0.2, 0.25) is 0 Å². The van der Waals surface area contributed by atoms with Crippen LogP contribution < -0.4 is 10.4 Å². The van der Waals surface area contributed by atoms with Crippen molar-refractivity contribution in [2.45, 2.75) is 6.67 Å². The van der Waals surface area contributed by atoms with Gasteiger partial charge in [-0.05, 0) is 17.7 Å². The number of fused-ring (bicyclic) bond motifs is 1. The van der Waals surface area contributed by atoms with Crippen molar-refractivity contribution in [3.05, 3.63) is 23.8 Å². The Morgan fingerprint density at radius 2 is 2.36 bits per heavy atom. The van der Waals surface area contributed by atoms with Crippen LogP contribution in [0.25, 0.3) is 0 Å². The Morgan fingerprint density at radius 1 is 1.45 bits per heavy atom. The molecule has 2 rings (SSSR count). The number of hydrogen-bond acceptors (Lipinski definition) is 3. The second-order valence-corrected chi connectivity index (χ2v) is 2.23. The molecule has 0 amide bonds. The van der Waals surface area contributed by atoms with Gasteiger partial charge in [0.05, 0.1) is 0 Å². The average molecular weight is 155 g/mol. The molecule has 0 saturated carbocycles. The van der Waals surface area contributed by atoms with E-state index >= 15 is 0 Å². The Hall–Kier alpha value is -1.29. The van der Waals surface area contributed by atoms with E-state index in [1.54, 1.807) is 18.2 Å². The number of nitrogens with one attached hydrogen (secondary N) is 1. The lowest BCUT2D eigenvalue weighted by molar-refractivity contribution is -0.160. The van der Waals surface area contributed by atoms with E-state index in [4.69, 9.17) is 0 Å². The Labute approximate surface area is 62.6 Å². The summed E-state index contributed by atoms with van der Waals surface area (Å²) in [4.78, 5) is 9.11. The highest BCUT2D eigenvalue weighted by molar-refractivity contribution is 5.57. The Balaban J connectivity index is 2.41. The van der Waals surface area contributed by atoms with Crippen molar-refractivity contribution < 1.29 is 14.3 Å². The van der Waals surface area contributed by atoms with Crippen molar-refractivity contribution >= 4 is 5.69 Å². The molecule has 1 N–H and O–H groups in total. The van der Waals surface area contributed by atoms with Gasteiger partial charge in [-0.2, -0.15) is 0 Å². The minimum Gasteiger partial charge on any atom is -0.312 e. The first-order chi connectivity index (χ1) is 5.40. The van der Waals surface area contributed by atoms with E-state index < -0.39 is 6.67 Å². The highest BCUT2D eigenvalue weighted by Crippen LogP contribution is 2.30. The Bertz CT molecular complexity index is 277. The first-order valence-corrected chi connectivity index (χ1v) is 3.18. The molecule has 0 atom stereocenters. The lowest BCUT2D eigenvalue weighted by Gasteiger charge is -1.94. The van der Waals surface area contributed by atoms with E-state index in [9.17, 15) is 4.39 Å². The van der Waals surface area contributed by atoms with Crippen molar-refractivity contribution in [1.82, 2.24) is 0 Å². The van der Waals surface area contributed by atoms with Crippen molar-refractivity contribution in [2.24, 2.45) is 0 Å². The van der Waals surface area contributed by atoms with E-state index in [2.05, 4.69) is 15.4 Å². The van der Waals surface area contributed by atoms with Gasteiger partial charge in [0.1, 0.15) is 12.4 Å². The topological polar surface area (TPSA) is 30.5 Å². The van der Waals surface area contributed by atoms with Crippen LogP contribution in [-0.2, 0) is 11.7 Å². The maximum atomic E-state index is 12.1. The van der Waals surface area contributed by atoms with E-state index in [0.29, 0.717) is 17.0 Å². The molecule has 1 aromatic rings. The Kier molecular flexibility index (Phi) is 1.40. The normalized spacial score (nSPS) is 13.5. The van der Waals surface area contributed by atoms with Gasteiger partial charge in [0.25, 0.3) is 0 Å². The summed E-state index contributed by atoms with van der Waals surface area (Å²) in [6.45, 7) is -0.477. The molecule has 0 spiro atoms. The summed E-state index contributed by atoms with van der Waals surface area (Å²) in [7, 11) is 0. The van der Waals surface area contributed by atoms with Crippen molar-refractivity contribution in [2.75, 3.05) is 5.48 Å². The van der Waals surface area contributed by atoms with E-state index in [-0.39, 0.29) is 0 Å². The van der Waals surface area contributed by atoms with Gasteiger partial charge in [0, 0.05) is 0 Å². The second kappa shape index (κ2) is 2.39. The molecule has 0 radical (unpaired) electrons. The van der Waals surface area contributed by atoms with E-state index in [0.717, 1.165) is 0 Å². The number of halogens is 1. The zero-order valence-electron chi connectivity index (χ0n) is 5.63. The van der Waals surface area contributed by atoms with Gasteiger partial charge in [-0.1, -0.05) is 11.1 Å². The molecule has 0 aliphatic carbocycles. The number of benzene rings is 1. The summed E-state index contributed by atoms with van der Waals surface area (Å²) in [6.07, 6.45) is 0. The van der Waals surface area contributed by atoms with Crippen LogP contribution in [-0.4, -0.2) is 0 Å². The fourth-order valence-corrected chi connectivity index (χ4v) is 0.923. The lowest BCUT2D eigenvalue weighted by atomic mass is 10.2. The maximum Gasteiger partial charge on any atom is 0.193 e. The molecular formula is C7H6FNO2. The van der Waals surface area contributed by atoms with E-state index in [1.165, 1.54) is 0 Å². The summed E-state index contributed by atoms with van der Waals surface area (Å²) >= 11 is 0. The predicted molar refractivity (Wildman–Crippen MR) is 36.6 cm³/mol. The fourth-order valence-electron chi connectivity index (χ4n) is 0.923. The van der Waals surface area contributed by atoms with Gasteiger partial charge in [-0.3, -0.25) is 0 Å². The monoisotopic (exact) mass is 155 g/mol. The third-order valence-electron chi connectivity index (χ3n) is 1.48. The van der Waals surface area contributed by atoms with Crippen LogP contribution in [0.5, 0.6) is 5.75 Å². The number of rotatable bonds is 1. The SMILES string of the molecule is FCc1ccc2c(c1)NOO2. The minimum atomic E-state index is -0.477. The molecule has 11 heavy (non-hydrogen) atoms. The summed E-state index contributed by atoms with van der Waals surface area (Å²) in [5.74, 6) is 0.585. The molecule has 1 aromatic carbocycles. The Morgan fingerprint density at radius 3 is 3.18 bits per heavy atom. The highest BCUT2D eigenvalue weighted by Gasteiger charge is 2.12. The third-order valence-corrected chi connectivity index (χ3v) is 1.48. The standard InChI is InChI=1S/C7H6FNO2/c8-4-5-1-2-7-6(3-5)9-11-10-7/h1-3,9H,4H2. The van der Waals surface area contributed by atoms with Crippen LogP contribution in [0.2, 0.25) is 0 Å². The largest absolute Gasteiger partial charge is 0.312 e. The van der Waals surface area contributed by atoms with Crippen LogP contribution >= 0.6 is 0 Å². The van der Waals surface area contributed by atoms with Crippen LogP contribution in [0, 0.1) is 0 Å². The zero-order valence-corrected chi connectivity index (χ0v) is 5.63. The molecule has 3 nitrogen and oxygen atoms in total. The van der Waals surface area contributed by atoms with Crippen molar-refractivity contribution in [3.63, 3.8) is 0 Å². The van der Waals surface area contributed by atoms with Gasteiger partial charge in [-0.25, -0.2) is 9.87 Å². The van der Waals surface area contributed by atoms with Gasteiger partial charge < -0.3 is 4.89 Å². The molecule has 0 fully saturated rings. The number of alkyl halides is 1. The third kappa shape index (κ3) is 1.01. The molecule has 0 aromatic heterocycles. The van der Waals surface area contributed by atoms with Gasteiger partial charge in [-0.15, -0.1) is 0 Å². The molecular weight excluding hydrogens is 149 g/mol. The van der Waals surface area contributed by atoms with Crippen LogP contribution in [0.3, 0.4) is 0 Å². The molecule has 58 valence electrons. The first kappa shape index (κ1) is 6.42. The summed E-state index contributed by atoms with van der Waals surface area (Å²) in [6, 6.07) is 4.95. The van der Waals surface area contributed by atoms with Crippen LogP contribution in [0.4, 0.5) is 10.1 Å². The molecule has 0 unspecified atom stereocenters. The summed E-state index contributed by atoms with van der Waals surface area (Å²) in [5.41, 5.74) is 3.75. The quantitative estimate of drug-likeness (QED) is 0.627. The maximum absolute atomic E-state index is 12.1. The smallest absolute Gasteiger partial charge is 0.193 e. The van der Waals surface area contributed by atoms with Gasteiger partial charge >= 0.3 is 0 Å². The zero-order chi connectivity index (χ0) is 7.68. The molecule has 1 heterocycles. The van der Waals surface area contributed by atoms with Crippen molar-refractivity contribution in [1.29, 1.82) is 0 Å². The molecule has 4 heteroatoms. The van der Waals surface area contributed by atoms with Crippen molar-refractivity contribution in [3.8, 4) is 5.75 Å². The van der Waals surface area contributed by atoms with Gasteiger partial charge in [0.15, 0.2) is 5.75 Å². The molecule has 0 bridgehead atoms. The van der Waals surface area contributed by atoms with E-state index in [1.807, 2.05) is 0 Å². The number of hydrogen-bond donors (Lipinski definition) is 1. The fraction of sp³-hybridized carbons (Fsp3) is 0.143. The molecule has 1 aliphatic heterocycles. The van der Waals surface area contributed by atoms with Crippen LogP contribution in [0.1, 0.15) is 5.56 Å². The highest BCUT2D eigenvalue weighted by atomic mass is 19.1. The first-order valence-electron chi connectivity index (χ1n) is 3.18. The number of anilines is 1.